The Labute approximate surface area is 171 Å². The Kier molecular flexibility index (Phi) is 5.62. The SMILES string of the molecule is N#Cc1c(N)nc(-c2c(O)c(C(F)(F)F)cc(C(F)(F)F)c2O)nc1C1CCCNC1. The fourth-order valence-corrected chi connectivity index (χ4v) is 3.41. The number of phenols is 2. The van der Waals surface area contributed by atoms with E-state index >= 15 is 0 Å². The quantitative estimate of drug-likeness (QED) is 0.519. The van der Waals surface area contributed by atoms with E-state index in [1.165, 1.54) is 0 Å². The standard InChI is InChI=1S/C18H15F6N5O2/c19-17(20,21)9-4-10(18(22,23)24)14(31)11(13(9)30)16-28-12(7-2-1-3-27-6-7)8(5-25)15(26)29-16/h4,7,27,30-31H,1-3,6H2,(H2,26,28,29). The van der Waals surface area contributed by atoms with Crippen molar-refractivity contribution in [2.45, 2.75) is 31.1 Å². The number of aromatic hydroxyl groups is 2. The number of anilines is 1. The number of nitriles is 1. The van der Waals surface area contributed by atoms with E-state index in [2.05, 4.69) is 15.3 Å². The predicted octanol–water partition coefficient (Wildman–Crippen LogP) is 3.51. The summed E-state index contributed by atoms with van der Waals surface area (Å²) in [6.45, 7) is 1.01. The lowest BCUT2D eigenvalue weighted by atomic mass is 9.92. The minimum Gasteiger partial charge on any atom is -0.506 e. The molecule has 1 atom stereocenters. The zero-order valence-electron chi connectivity index (χ0n) is 15.6. The highest BCUT2D eigenvalue weighted by Gasteiger charge is 2.43. The molecule has 1 fully saturated rings. The average molecular weight is 447 g/mol. The number of hydrogen-bond acceptors (Lipinski definition) is 7. The first kappa shape index (κ1) is 22.4. The van der Waals surface area contributed by atoms with Crippen molar-refractivity contribution in [1.29, 1.82) is 5.26 Å². The van der Waals surface area contributed by atoms with E-state index in [1.807, 2.05) is 0 Å². The summed E-state index contributed by atoms with van der Waals surface area (Å²) >= 11 is 0. The van der Waals surface area contributed by atoms with E-state index in [9.17, 15) is 41.8 Å². The Bertz CT molecular complexity index is 1020. The molecule has 0 saturated carbocycles. The smallest absolute Gasteiger partial charge is 0.419 e. The van der Waals surface area contributed by atoms with Crippen LogP contribution in [0.4, 0.5) is 32.2 Å². The highest BCUT2D eigenvalue weighted by atomic mass is 19.4. The average Bonchev–Trinajstić information content (AvgIpc) is 2.66. The van der Waals surface area contributed by atoms with Gasteiger partial charge in [-0.25, -0.2) is 9.97 Å². The Hall–Kier alpha value is -3.27. The Morgan fingerprint density at radius 2 is 1.65 bits per heavy atom. The monoisotopic (exact) mass is 447 g/mol. The third kappa shape index (κ3) is 4.15. The van der Waals surface area contributed by atoms with Gasteiger partial charge in [0.1, 0.15) is 34.5 Å². The van der Waals surface area contributed by atoms with Crippen LogP contribution in [0.5, 0.6) is 11.5 Å². The number of nitrogens with zero attached hydrogens (tertiary/aromatic N) is 3. The second-order valence-electron chi connectivity index (χ2n) is 6.89. The van der Waals surface area contributed by atoms with Gasteiger partial charge in [-0.3, -0.25) is 0 Å². The number of hydrogen-bond donors (Lipinski definition) is 4. The van der Waals surface area contributed by atoms with Gasteiger partial charge in [-0.05, 0) is 25.5 Å². The van der Waals surface area contributed by atoms with Gasteiger partial charge in [-0.2, -0.15) is 31.6 Å². The van der Waals surface area contributed by atoms with E-state index in [0.717, 1.165) is 0 Å². The molecule has 0 radical (unpaired) electrons. The molecule has 7 nitrogen and oxygen atoms in total. The fraction of sp³-hybridized carbons (Fsp3) is 0.389. The van der Waals surface area contributed by atoms with E-state index in [1.54, 1.807) is 6.07 Å². The minimum atomic E-state index is -5.37. The van der Waals surface area contributed by atoms with Crippen LogP contribution in [0.1, 0.15) is 41.1 Å². The molecule has 1 aromatic carbocycles. The first-order valence-electron chi connectivity index (χ1n) is 8.88. The maximum absolute atomic E-state index is 13.3. The summed E-state index contributed by atoms with van der Waals surface area (Å²) in [5, 5.41) is 32.7. The van der Waals surface area contributed by atoms with Gasteiger partial charge in [0, 0.05) is 12.5 Å². The molecule has 2 aromatic rings. The third-order valence-electron chi connectivity index (χ3n) is 4.87. The number of halogens is 6. The van der Waals surface area contributed by atoms with E-state index in [4.69, 9.17) is 5.73 Å². The normalized spacial score (nSPS) is 17.4. The van der Waals surface area contributed by atoms with Crippen molar-refractivity contribution < 1.29 is 36.6 Å². The van der Waals surface area contributed by atoms with E-state index < -0.39 is 64.2 Å². The molecule has 3 rings (SSSR count). The van der Waals surface area contributed by atoms with Gasteiger partial charge >= 0.3 is 12.4 Å². The largest absolute Gasteiger partial charge is 0.506 e. The molecule has 1 aromatic heterocycles. The molecule has 31 heavy (non-hydrogen) atoms. The molecule has 0 amide bonds. The molecule has 13 heteroatoms. The predicted molar refractivity (Wildman–Crippen MR) is 94.8 cm³/mol. The highest BCUT2D eigenvalue weighted by molar-refractivity contribution is 5.77. The van der Waals surface area contributed by atoms with Gasteiger partial charge in [0.2, 0.25) is 0 Å². The van der Waals surface area contributed by atoms with Crippen molar-refractivity contribution in [1.82, 2.24) is 15.3 Å². The number of phenolic OH excluding ortho intramolecular Hbond substituents is 2. The van der Waals surface area contributed by atoms with Gasteiger partial charge in [0.15, 0.2) is 5.82 Å². The molecule has 0 spiro atoms. The molecule has 0 bridgehead atoms. The summed E-state index contributed by atoms with van der Waals surface area (Å²) < 4.78 is 79.7. The lowest BCUT2D eigenvalue weighted by Crippen LogP contribution is -2.29. The van der Waals surface area contributed by atoms with Crippen LogP contribution in [-0.2, 0) is 12.4 Å². The minimum absolute atomic E-state index is 0.00182. The van der Waals surface area contributed by atoms with E-state index in [0.29, 0.717) is 25.9 Å². The summed E-state index contributed by atoms with van der Waals surface area (Å²) in [7, 11) is 0. The first-order valence-corrected chi connectivity index (χ1v) is 8.88. The maximum Gasteiger partial charge on any atom is 0.419 e. The molecular formula is C18H15F6N5O2. The second kappa shape index (κ2) is 7.77. The van der Waals surface area contributed by atoms with Crippen LogP contribution in [0.2, 0.25) is 0 Å². The Morgan fingerprint density at radius 3 is 2.10 bits per heavy atom. The van der Waals surface area contributed by atoms with Crippen LogP contribution in [0.25, 0.3) is 11.4 Å². The van der Waals surface area contributed by atoms with Crippen LogP contribution in [-0.4, -0.2) is 33.3 Å². The summed E-state index contributed by atoms with van der Waals surface area (Å²) in [5.41, 5.74) is 0.213. The van der Waals surface area contributed by atoms with Crippen LogP contribution >= 0.6 is 0 Å². The molecule has 2 heterocycles. The first-order chi connectivity index (χ1) is 14.4. The van der Waals surface area contributed by atoms with Gasteiger partial charge in [-0.1, -0.05) is 0 Å². The zero-order chi connectivity index (χ0) is 23.1. The number of rotatable bonds is 2. The molecule has 1 unspecified atom stereocenters. The van der Waals surface area contributed by atoms with Gasteiger partial charge in [0.05, 0.1) is 16.8 Å². The molecule has 0 aliphatic carbocycles. The van der Waals surface area contributed by atoms with Crippen molar-refractivity contribution in [2.24, 2.45) is 0 Å². The number of alkyl halides is 6. The number of benzene rings is 1. The summed E-state index contributed by atoms with van der Waals surface area (Å²) in [4.78, 5) is 7.56. The molecule has 1 saturated heterocycles. The van der Waals surface area contributed by atoms with Gasteiger partial charge < -0.3 is 21.3 Å². The lowest BCUT2D eigenvalue weighted by molar-refractivity contribution is -0.144. The molecule has 1 aliphatic heterocycles. The number of piperidine rings is 1. The van der Waals surface area contributed by atoms with Crippen molar-refractivity contribution in [3.63, 3.8) is 0 Å². The fourth-order valence-electron chi connectivity index (χ4n) is 3.41. The number of nitrogens with two attached hydrogens (primary N) is 1. The van der Waals surface area contributed by atoms with Crippen LogP contribution in [0, 0.1) is 11.3 Å². The highest BCUT2D eigenvalue weighted by Crippen LogP contribution is 2.50. The van der Waals surface area contributed by atoms with Crippen molar-refractivity contribution in [3.8, 4) is 29.0 Å². The number of nitrogen functional groups attached to an aromatic ring is 1. The van der Waals surface area contributed by atoms with Crippen molar-refractivity contribution in [3.05, 3.63) is 28.5 Å². The third-order valence-corrected chi connectivity index (χ3v) is 4.87. The second-order valence-corrected chi connectivity index (χ2v) is 6.89. The molecular weight excluding hydrogens is 432 g/mol. The summed E-state index contributed by atoms with van der Waals surface area (Å²) in [6.07, 6.45) is -9.55. The topological polar surface area (TPSA) is 128 Å². The molecule has 5 N–H and O–H groups in total. The summed E-state index contributed by atoms with van der Waals surface area (Å²) in [6, 6.07) is 1.38. The van der Waals surface area contributed by atoms with Crippen LogP contribution in [0.15, 0.2) is 6.07 Å². The van der Waals surface area contributed by atoms with Gasteiger partial charge in [-0.15, -0.1) is 0 Å². The van der Waals surface area contributed by atoms with Gasteiger partial charge in [0.25, 0.3) is 0 Å². The molecule has 1 aliphatic rings. The van der Waals surface area contributed by atoms with E-state index in [-0.39, 0.29) is 11.3 Å². The Morgan fingerprint density at radius 1 is 1.06 bits per heavy atom. The van der Waals surface area contributed by atoms with Crippen LogP contribution in [0.3, 0.4) is 0 Å². The van der Waals surface area contributed by atoms with Crippen LogP contribution < -0.4 is 11.1 Å². The Balaban J connectivity index is 2.34. The lowest BCUT2D eigenvalue weighted by Gasteiger charge is -2.24. The van der Waals surface area contributed by atoms with Crippen molar-refractivity contribution >= 4 is 5.82 Å². The number of nitrogens with one attached hydrogen (secondary N) is 1. The van der Waals surface area contributed by atoms with Crippen molar-refractivity contribution in [2.75, 3.05) is 18.8 Å². The summed E-state index contributed by atoms with van der Waals surface area (Å²) in [5.74, 6) is -5.16. The number of aromatic nitrogens is 2. The molecule has 166 valence electrons. The maximum atomic E-state index is 13.3. The zero-order valence-corrected chi connectivity index (χ0v) is 15.6.